The Morgan fingerprint density at radius 3 is 2.69 bits per heavy atom. The Labute approximate surface area is 93.6 Å². The normalized spacial score (nSPS) is 19.8. The predicted octanol–water partition coefficient (Wildman–Crippen LogP) is 1.13. The van der Waals surface area contributed by atoms with Crippen LogP contribution in [0.4, 0.5) is 0 Å². The minimum atomic E-state index is -0.414. The molecule has 1 aromatic carbocycles. The molecule has 2 rings (SSSR count). The molecular formula is C12H13NO3. The summed E-state index contributed by atoms with van der Waals surface area (Å²) >= 11 is 0. The maximum Gasteiger partial charge on any atom is 0.234 e. The van der Waals surface area contributed by atoms with Crippen LogP contribution in [0.25, 0.3) is 0 Å². The minimum absolute atomic E-state index is 0.207. The summed E-state index contributed by atoms with van der Waals surface area (Å²) in [7, 11) is 1.56. The SMILES string of the molecule is COc1ccc(C)cc1C1CC(=O)NC1=O. The van der Waals surface area contributed by atoms with Gasteiger partial charge in [-0.05, 0) is 13.0 Å². The zero-order valence-corrected chi connectivity index (χ0v) is 9.24. The second kappa shape index (κ2) is 3.96. The van der Waals surface area contributed by atoms with Gasteiger partial charge in [0, 0.05) is 12.0 Å². The standard InChI is InChI=1S/C12H13NO3/c1-7-3-4-10(16-2)8(5-7)9-6-11(14)13-12(9)15/h3-5,9H,6H2,1-2H3,(H,13,14,15). The van der Waals surface area contributed by atoms with Crippen molar-refractivity contribution in [3.63, 3.8) is 0 Å². The monoisotopic (exact) mass is 219 g/mol. The van der Waals surface area contributed by atoms with Crippen LogP contribution in [-0.4, -0.2) is 18.9 Å². The van der Waals surface area contributed by atoms with E-state index in [2.05, 4.69) is 5.32 Å². The molecule has 0 saturated carbocycles. The van der Waals surface area contributed by atoms with Gasteiger partial charge in [0.05, 0.1) is 13.0 Å². The molecule has 1 aliphatic heterocycles. The van der Waals surface area contributed by atoms with Crippen molar-refractivity contribution in [1.82, 2.24) is 5.32 Å². The molecule has 1 fully saturated rings. The zero-order valence-electron chi connectivity index (χ0n) is 9.24. The summed E-state index contributed by atoms with van der Waals surface area (Å²) in [6.07, 6.45) is 0.207. The summed E-state index contributed by atoms with van der Waals surface area (Å²) in [5.41, 5.74) is 1.83. The van der Waals surface area contributed by atoms with E-state index in [-0.39, 0.29) is 18.2 Å². The largest absolute Gasteiger partial charge is 0.496 e. The fourth-order valence-electron chi connectivity index (χ4n) is 1.93. The number of hydrogen-bond acceptors (Lipinski definition) is 3. The number of rotatable bonds is 2. The number of ether oxygens (including phenoxy) is 1. The lowest BCUT2D eigenvalue weighted by molar-refractivity contribution is -0.125. The molecule has 0 spiro atoms. The van der Waals surface area contributed by atoms with Gasteiger partial charge in [-0.2, -0.15) is 0 Å². The van der Waals surface area contributed by atoms with Crippen LogP contribution < -0.4 is 10.1 Å². The topological polar surface area (TPSA) is 55.4 Å². The van der Waals surface area contributed by atoms with Gasteiger partial charge < -0.3 is 4.74 Å². The van der Waals surface area contributed by atoms with Crippen molar-refractivity contribution in [2.75, 3.05) is 7.11 Å². The lowest BCUT2D eigenvalue weighted by Crippen LogP contribution is -2.21. The van der Waals surface area contributed by atoms with Crippen LogP contribution in [0.5, 0.6) is 5.75 Å². The molecule has 0 aromatic heterocycles. The van der Waals surface area contributed by atoms with E-state index in [0.717, 1.165) is 11.1 Å². The highest BCUT2D eigenvalue weighted by Gasteiger charge is 2.33. The Bertz CT molecular complexity index is 454. The molecule has 4 heteroatoms. The summed E-state index contributed by atoms with van der Waals surface area (Å²) in [5.74, 6) is -0.227. The quantitative estimate of drug-likeness (QED) is 0.759. The van der Waals surface area contributed by atoms with Crippen LogP contribution in [0.1, 0.15) is 23.5 Å². The first-order valence-electron chi connectivity index (χ1n) is 5.10. The van der Waals surface area contributed by atoms with E-state index in [9.17, 15) is 9.59 Å². The lowest BCUT2D eigenvalue weighted by atomic mass is 9.95. The molecule has 1 saturated heterocycles. The molecule has 1 unspecified atom stereocenters. The van der Waals surface area contributed by atoms with Crippen molar-refractivity contribution in [3.8, 4) is 5.75 Å². The predicted molar refractivity (Wildman–Crippen MR) is 58.2 cm³/mol. The van der Waals surface area contributed by atoms with Gasteiger partial charge in [0.2, 0.25) is 11.8 Å². The van der Waals surface area contributed by atoms with E-state index >= 15 is 0 Å². The Balaban J connectivity index is 2.42. The molecule has 0 bridgehead atoms. The molecule has 1 heterocycles. The highest BCUT2D eigenvalue weighted by atomic mass is 16.5. The smallest absolute Gasteiger partial charge is 0.234 e. The van der Waals surface area contributed by atoms with E-state index in [0.29, 0.717) is 5.75 Å². The van der Waals surface area contributed by atoms with Crippen LogP contribution in [0.2, 0.25) is 0 Å². The summed E-state index contributed by atoms with van der Waals surface area (Å²) in [6, 6.07) is 5.62. The number of nitrogens with one attached hydrogen (secondary N) is 1. The van der Waals surface area contributed by atoms with Gasteiger partial charge in [0.1, 0.15) is 5.75 Å². The average Bonchev–Trinajstić information content (AvgIpc) is 2.57. The van der Waals surface area contributed by atoms with E-state index in [1.165, 1.54) is 0 Å². The molecule has 4 nitrogen and oxygen atoms in total. The molecule has 1 atom stereocenters. The second-order valence-electron chi connectivity index (χ2n) is 3.91. The molecule has 0 aliphatic carbocycles. The summed E-state index contributed by atoms with van der Waals surface area (Å²) in [4.78, 5) is 22.7. The number of hydrogen-bond donors (Lipinski definition) is 1. The highest BCUT2D eigenvalue weighted by molar-refractivity contribution is 6.06. The first kappa shape index (κ1) is 10.7. The van der Waals surface area contributed by atoms with Gasteiger partial charge in [-0.1, -0.05) is 17.7 Å². The number of aryl methyl sites for hydroxylation is 1. The highest BCUT2D eigenvalue weighted by Crippen LogP contribution is 2.32. The minimum Gasteiger partial charge on any atom is -0.496 e. The molecular weight excluding hydrogens is 206 g/mol. The van der Waals surface area contributed by atoms with Gasteiger partial charge in [-0.15, -0.1) is 0 Å². The lowest BCUT2D eigenvalue weighted by Gasteiger charge is -2.12. The van der Waals surface area contributed by atoms with E-state index in [1.807, 2.05) is 25.1 Å². The van der Waals surface area contributed by atoms with Crippen LogP contribution in [0.15, 0.2) is 18.2 Å². The third-order valence-corrected chi connectivity index (χ3v) is 2.73. The van der Waals surface area contributed by atoms with Crippen LogP contribution in [-0.2, 0) is 9.59 Å². The van der Waals surface area contributed by atoms with Crippen LogP contribution in [0.3, 0.4) is 0 Å². The number of imide groups is 1. The van der Waals surface area contributed by atoms with Crippen molar-refractivity contribution < 1.29 is 14.3 Å². The van der Waals surface area contributed by atoms with Crippen molar-refractivity contribution in [3.05, 3.63) is 29.3 Å². The maximum atomic E-state index is 11.6. The third-order valence-electron chi connectivity index (χ3n) is 2.73. The van der Waals surface area contributed by atoms with E-state index < -0.39 is 5.92 Å². The summed E-state index contributed by atoms with van der Waals surface area (Å²) < 4.78 is 5.21. The van der Waals surface area contributed by atoms with Crippen molar-refractivity contribution in [2.45, 2.75) is 19.3 Å². The van der Waals surface area contributed by atoms with E-state index in [4.69, 9.17) is 4.74 Å². The third kappa shape index (κ3) is 1.78. The van der Waals surface area contributed by atoms with Gasteiger partial charge >= 0.3 is 0 Å². The maximum absolute atomic E-state index is 11.6. The number of methoxy groups -OCH3 is 1. The van der Waals surface area contributed by atoms with Crippen LogP contribution in [0, 0.1) is 6.92 Å². The van der Waals surface area contributed by atoms with Gasteiger partial charge in [-0.3, -0.25) is 14.9 Å². The van der Waals surface area contributed by atoms with Crippen molar-refractivity contribution in [2.24, 2.45) is 0 Å². The first-order chi connectivity index (χ1) is 7.61. The fraction of sp³-hybridized carbons (Fsp3) is 0.333. The average molecular weight is 219 g/mol. The Hall–Kier alpha value is -1.84. The Kier molecular flexibility index (Phi) is 2.64. The summed E-state index contributed by atoms with van der Waals surface area (Å²) in [6.45, 7) is 1.94. The number of carbonyl (C=O) groups excluding carboxylic acids is 2. The molecule has 2 amide bonds. The fourth-order valence-corrected chi connectivity index (χ4v) is 1.93. The molecule has 84 valence electrons. The molecule has 1 aliphatic rings. The number of amides is 2. The number of carbonyl (C=O) groups is 2. The zero-order chi connectivity index (χ0) is 11.7. The summed E-state index contributed by atoms with van der Waals surface area (Å²) in [5, 5.41) is 2.30. The molecule has 1 aromatic rings. The Morgan fingerprint density at radius 1 is 1.38 bits per heavy atom. The second-order valence-corrected chi connectivity index (χ2v) is 3.91. The number of benzene rings is 1. The van der Waals surface area contributed by atoms with Crippen LogP contribution >= 0.6 is 0 Å². The van der Waals surface area contributed by atoms with Gasteiger partial charge in [-0.25, -0.2) is 0 Å². The van der Waals surface area contributed by atoms with Crippen molar-refractivity contribution >= 4 is 11.8 Å². The van der Waals surface area contributed by atoms with Gasteiger partial charge in [0.25, 0.3) is 0 Å². The van der Waals surface area contributed by atoms with Crippen molar-refractivity contribution in [1.29, 1.82) is 0 Å². The Morgan fingerprint density at radius 2 is 2.12 bits per heavy atom. The van der Waals surface area contributed by atoms with E-state index in [1.54, 1.807) is 7.11 Å². The first-order valence-corrected chi connectivity index (χ1v) is 5.10. The molecule has 1 N–H and O–H groups in total. The molecule has 0 radical (unpaired) electrons. The van der Waals surface area contributed by atoms with Gasteiger partial charge in [0.15, 0.2) is 0 Å². The molecule has 16 heavy (non-hydrogen) atoms.